The molecule has 0 nitrogen and oxygen atoms in total. The zero-order chi connectivity index (χ0) is 13.3. The quantitative estimate of drug-likeness (QED) is 0.636. The molecule has 3 heteroatoms. The van der Waals surface area contributed by atoms with E-state index in [0.717, 1.165) is 16.7 Å². The maximum atomic E-state index is 13.9. The highest BCUT2D eigenvalue weighted by Gasteiger charge is 2.19. The van der Waals surface area contributed by atoms with Crippen LogP contribution in [0, 0.1) is 19.7 Å². The molecular formula is C15H13BrClF. The van der Waals surface area contributed by atoms with Gasteiger partial charge in [0.1, 0.15) is 5.82 Å². The first kappa shape index (κ1) is 13.6. The van der Waals surface area contributed by atoms with Gasteiger partial charge in [0.25, 0.3) is 0 Å². The first-order valence-electron chi connectivity index (χ1n) is 5.66. The molecule has 2 aromatic carbocycles. The molecule has 0 saturated heterocycles. The third kappa shape index (κ3) is 2.60. The fourth-order valence-electron chi connectivity index (χ4n) is 1.94. The van der Waals surface area contributed by atoms with Gasteiger partial charge in [-0.15, -0.1) is 11.6 Å². The SMILES string of the molecule is Cc1ccc(C)c(C(Cl)c2c(F)cccc2Br)c1. The summed E-state index contributed by atoms with van der Waals surface area (Å²) in [5, 5.41) is -0.486. The minimum absolute atomic E-state index is 0.287. The van der Waals surface area contributed by atoms with Gasteiger partial charge in [-0.2, -0.15) is 0 Å². The molecule has 0 N–H and O–H groups in total. The Morgan fingerprint density at radius 3 is 2.56 bits per heavy atom. The molecule has 1 unspecified atom stereocenters. The van der Waals surface area contributed by atoms with Crippen molar-refractivity contribution in [3.8, 4) is 0 Å². The van der Waals surface area contributed by atoms with E-state index < -0.39 is 5.38 Å². The van der Waals surface area contributed by atoms with E-state index in [1.165, 1.54) is 6.07 Å². The second-order valence-corrected chi connectivity index (χ2v) is 5.65. The van der Waals surface area contributed by atoms with E-state index in [2.05, 4.69) is 15.9 Å². The lowest BCUT2D eigenvalue weighted by molar-refractivity contribution is 0.611. The summed E-state index contributed by atoms with van der Waals surface area (Å²) >= 11 is 9.81. The zero-order valence-corrected chi connectivity index (χ0v) is 12.5. The minimum atomic E-state index is -0.486. The Kier molecular flexibility index (Phi) is 4.08. The van der Waals surface area contributed by atoms with Crippen LogP contribution >= 0.6 is 27.5 Å². The molecule has 0 bridgehead atoms. The molecule has 18 heavy (non-hydrogen) atoms. The van der Waals surface area contributed by atoms with Gasteiger partial charge in [0.05, 0.1) is 5.38 Å². The standard InChI is InChI=1S/C15H13BrClF/c1-9-6-7-10(2)11(8-9)15(17)14-12(16)4-3-5-13(14)18/h3-8,15H,1-2H3. The highest BCUT2D eigenvalue weighted by Crippen LogP contribution is 2.37. The molecule has 2 aromatic rings. The fourth-order valence-corrected chi connectivity index (χ4v) is 3.10. The highest BCUT2D eigenvalue weighted by atomic mass is 79.9. The summed E-state index contributed by atoms with van der Waals surface area (Å²) in [6.07, 6.45) is 0. The van der Waals surface area contributed by atoms with Crippen molar-refractivity contribution in [2.75, 3.05) is 0 Å². The van der Waals surface area contributed by atoms with Gasteiger partial charge in [0.2, 0.25) is 0 Å². The fraction of sp³-hybridized carbons (Fsp3) is 0.200. The molecule has 0 radical (unpaired) electrons. The van der Waals surface area contributed by atoms with Crippen molar-refractivity contribution in [1.29, 1.82) is 0 Å². The van der Waals surface area contributed by atoms with Gasteiger partial charge in [-0.3, -0.25) is 0 Å². The van der Waals surface area contributed by atoms with E-state index in [-0.39, 0.29) is 5.82 Å². The predicted octanol–water partition coefficient (Wildman–Crippen LogP) is 5.53. The maximum absolute atomic E-state index is 13.9. The largest absolute Gasteiger partial charge is 0.207 e. The van der Waals surface area contributed by atoms with Crippen LogP contribution in [0.5, 0.6) is 0 Å². The van der Waals surface area contributed by atoms with E-state index >= 15 is 0 Å². The lowest BCUT2D eigenvalue weighted by Crippen LogP contribution is -2.01. The molecule has 0 aliphatic rings. The molecule has 0 amide bonds. The summed E-state index contributed by atoms with van der Waals surface area (Å²) in [6.45, 7) is 3.99. The lowest BCUT2D eigenvalue weighted by atomic mass is 9.98. The predicted molar refractivity (Wildman–Crippen MR) is 77.7 cm³/mol. The van der Waals surface area contributed by atoms with Crippen LogP contribution in [0.2, 0.25) is 0 Å². The molecule has 94 valence electrons. The topological polar surface area (TPSA) is 0 Å². The molecule has 2 rings (SSSR count). The third-order valence-electron chi connectivity index (χ3n) is 2.96. The van der Waals surface area contributed by atoms with E-state index in [1.807, 2.05) is 32.0 Å². The maximum Gasteiger partial charge on any atom is 0.129 e. The smallest absolute Gasteiger partial charge is 0.129 e. The van der Waals surface area contributed by atoms with Gasteiger partial charge in [-0.1, -0.05) is 45.8 Å². The monoisotopic (exact) mass is 326 g/mol. The van der Waals surface area contributed by atoms with Crippen molar-refractivity contribution in [1.82, 2.24) is 0 Å². The Balaban J connectivity index is 2.54. The van der Waals surface area contributed by atoms with Crippen LogP contribution in [-0.4, -0.2) is 0 Å². The molecule has 0 spiro atoms. The Labute approximate surface area is 120 Å². The molecule has 0 aliphatic heterocycles. The third-order valence-corrected chi connectivity index (χ3v) is 4.11. The molecule has 1 atom stereocenters. The summed E-state index contributed by atoms with van der Waals surface area (Å²) in [5.41, 5.74) is 3.62. The number of halogens is 3. The zero-order valence-electron chi connectivity index (χ0n) is 10.2. The molecule has 0 fully saturated rings. The van der Waals surface area contributed by atoms with Gasteiger partial charge in [0.15, 0.2) is 0 Å². The Bertz CT molecular complexity index is 560. The van der Waals surface area contributed by atoms with Crippen molar-refractivity contribution < 1.29 is 4.39 Å². The van der Waals surface area contributed by atoms with Gasteiger partial charge in [-0.25, -0.2) is 4.39 Å². The van der Waals surface area contributed by atoms with Gasteiger partial charge >= 0.3 is 0 Å². The van der Waals surface area contributed by atoms with Crippen LogP contribution in [-0.2, 0) is 0 Å². The number of hydrogen-bond acceptors (Lipinski definition) is 0. The van der Waals surface area contributed by atoms with Gasteiger partial charge < -0.3 is 0 Å². The van der Waals surface area contributed by atoms with Crippen LogP contribution in [0.25, 0.3) is 0 Å². The molecule has 0 aliphatic carbocycles. The number of rotatable bonds is 2. The van der Waals surface area contributed by atoms with Crippen LogP contribution in [0.3, 0.4) is 0 Å². The molecule has 0 aromatic heterocycles. The molecule has 0 saturated carbocycles. The summed E-state index contributed by atoms with van der Waals surface area (Å²) in [4.78, 5) is 0. The number of aryl methyl sites for hydroxylation is 2. The highest BCUT2D eigenvalue weighted by molar-refractivity contribution is 9.10. The van der Waals surface area contributed by atoms with Crippen molar-refractivity contribution in [2.45, 2.75) is 19.2 Å². The lowest BCUT2D eigenvalue weighted by Gasteiger charge is -2.16. The average Bonchev–Trinajstić information content (AvgIpc) is 2.32. The van der Waals surface area contributed by atoms with E-state index in [4.69, 9.17) is 11.6 Å². The Morgan fingerprint density at radius 1 is 1.17 bits per heavy atom. The normalized spacial score (nSPS) is 12.5. The molecule has 0 heterocycles. The summed E-state index contributed by atoms with van der Waals surface area (Å²) in [6, 6.07) is 10.9. The molecular weight excluding hydrogens is 315 g/mol. The Hall–Kier alpha value is -0.860. The van der Waals surface area contributed by atoms with Crippen molar-refractivity contribution in [3.05, 3.63) is 68.9 Å². The number of alkyl halides is 1. The van der Waals surface area contributed by atoms with Crippen LogP contribution in [0.15, 0.2) is 40.9 Å². The average molecular weight is 328 g/mol. The van der Waals surface area contributed by atoms with E-state index in [1.54, 1.807) is 12.1 Å². The van der Waals surface area contributed by atoms with Gasteiger partial charge in [0, 0.05) is 10.0 Å². The second-order valence-electron chi connectivity index (χ2n) is 4.36. The van der Waals surface area contributed by atoms with E-state index in [0.29, 0.717) is 10.0 Å². The van der Waals surface area contributed by atoms with Crippen LogP contribution < -0.4 is 0 Å². The minimum Gasteiger partial charge on any atom is -0.207 e. The number of hydrogen-bond donors (Lipinski definition) is 0. The van der Waals surface area contributed by atoms with Crippen molar-refractivity contribution >= 4 is 27.5 Å². The number of benzene rings is 2. The summed E-state index contributed by atoms with van der Waals surface area (Å²) < 4.78 is 14.6. The Morgan fingerprint density at radius 2 is 1.89 bits per heavy atom. The van der Waals surface area contributed by atoms with Crippen molar-refractivity contribution in [3.63, 3.8) is 0 Å². The summed E-state index contributed by atoms with van der Waals surface area (Å²) in [7, 11) is 0. The second kappa shape index (κ2) is 5.41. The van der Waals surface area contributed by atoms with E-state index in [9.17, 15) is 4.39 Å². The first-order valence-corrected chi connectivity index (χ1v) is 6.89. The first-order chi connectivity index (χ1) is 8.50. The van der Waals surface area contributed by atoms with Gasteiger partial charge in [-0.05, 0) is 37.1 Å². The summed E-state index contributed by atoms with van der Waals surface area (Å²) in [5.74, 6) is -0.287. The van der Waals surface area contributed by atoms with Crippen LogP contribution in [0.1, 0.15) is 27.6 Å². The van der Waals surface area contributed by atoms with Crippen molar-refractivity contribution in [2.24, 2.45) is 0 Å². The van der Waals surface area contributed by atoms with Crippen LogP contribution in [0.4, 0.5) is 4.39 Å².